The lowest BCUT2D eigenvalue weighted by Gasteiger charge is -1.95. The van der Waals surface area contributed by atoms with Crippen LogP contribution in [0.3, 0.4) is 0 Å². The Morgan fingerprint density at radius 1 is 1.27 bits per heavy atom. The highest BCUT2D eigenvalue weighted by molar-refractivity contribution is 7.97. The number of nitrogens with two attached hydrogens (primary N) is 1. The van der Waals surface area contributed by atoms with Crippen molar-refractivity contribution in [3.63, 3.8) is 0 Å². The van der Waals surface area contributed by atoms with Crippen molar-refractivity contribution in [2.75, 3.05) is 12.8 Å². The van der Waals surface area contributed by atoms with Gasteiger partial charge in [-0.25, -0.2) is 0 Å². The topological polar surface area (TPSA) is 64.9 Å². The second-order valence-electron chi connectivity index (χ2n) is 3.49. The van der Waals surface area contributed by atoms with E-state index in [1.165, 1.54) is 12.8 Å². The van der Waals surface area contributed by atoms with E-state index in [-0.39, 0.29) is 0 Å². The minimum Gasteiger partial charge on any atom is -0.339 e. The van der Waals surface area contributed by atoms with Crippen LogP contribution in [0.15, 0.2) is 4.52 Å². The molecule has 1 heterocycles. The van der Waals surface area contributed by atoms with Gasteiger partial charge in [0, 0.05) is 6.42 Å². The summed E-state index contributed by atoms with van der Waals surface area (Å²) in [6.45, 7) is 0.790. The van der Waals surface area contributed by atoms with Gasteiger partial charge in [-0.2, -0.15) is 16.7 Å². The van der Waals surface area contributed by atoms with E-state index in [2.05, 4.69) is 10.1 Å². The molecule has 86 valence electrons. The molecule has 1 rings (SSSR count). The summed E-state index contributed by atoms with van der Waals surface area (Å²) in [6.07, 6.45) is 7.54. The summed E-state index contributed by atoms with van der Waals surface area (Å²) in [6, 6.07) is 0. The van der Waals surface area contributed by atoms with Crippen LogP contribution in [0.4, 0.5) is 0 Å². The first kappa shape index (κ1) is 12.5. The predicted molar refractivity (Wildman–Crippen MR) is 62.7 cm³/mol. The van der Waals surface area contributed by atoms with Crippen molar-refractivity contribution in [2.24, 2.45) is 5.73 Å². The molecule has 0 spiro atoms. The Balaban J connectivity index is 2.14. The van der Waals surface area contributed by atoms with Gasteiger partial charge in [0.25, 0.3) is 0 Å². The zero-order chi connectivity index (χ0) is 10.9. The Bertz CT molecular complexity index is 265. The van der Waals surface area contributed by atoms with Crippen LogP contribution in [0.1, 0.15) is 37.4 Å². The summed E-state index contributed by atoms with van der Waals surface area (Å²) in [5.41, 5.74) is 5.42. The average Bonchev–Trinajstić information content (AvgIpc) is 2.66. The molecule has 0 aliphatic carbocycles. The van der Waals surface area contributed by atoms with Crippen LogP contribution in [0.2, 0.25) is 0 Å². The van der Waals surface area contributed by atoms with E-state index in [0.717, 1.165) is 43.3 Å². The molecule has 0 aliphatic rings. The fourth-order valence-electron chi connectivity index (χ4n) is 1.35. The summed E-state index contributed by atoms with van der Waals surface area (Å²) in [7, 11) is 0. The fourth-order valence-corrected chi connectivity index (χ4v) is 1.73. The molecule has 2 N–H and O–H groups in total. The number of aryl methyl sites for hydroxylation is 1. The van der Waals surface area contributed by atoms with E-state index < -0.39 is 0 Å². The van der Waals surface area contributed by atoms with Gasteiger partial charge >= 0.3 is 0 Å². The molecule has 5 heteroatoms. The lowest BCUT2D eigenvalue weighted by molar-refractivity contribution is 0.370. The maximum Gasteiger partial charge on any atom is 0.226 e. The first-order valence-corrected chi connectivity index (χ1v) is 6.76. The SMILES string of the molecule is CSCc1noc(CCCCCCN)n1. The lowest BCUT2D eigenvalue weighted by atomic mass is 10.1. The minimum atomic E-state index is 0.770. The van der Waals surface area contributed by atoms with Crippen molar-refractivity contribution in [1.82, 2.24) is 10.1 Å². The second kappa shape index (κ2) is 7.70. The second-order valence-corrected chi connectivity index (χ2v) is 4.36. The first-order valence-electron chi connectivity index (χ1n) is 5.37. The van der Waals surface area contributed by atoms with Gasteiger partial charge in [0.05, 0.1) is 5.75 Å². The molecule has 0 atom stereocenters. The number of hydrogen-bond donors (Lipinski definition) is 1. The standard InChI is InChI=1S/C10H19N3OS/c1-15-8-9-12-10(14-13-9)6-4-2-3-5-7-11/h2-8,11H2,1H3. The monoisotopic (exact) mass is 229 g/mol. The molecule has 0 saturated carbocycles. The van der Waals surface area contributed by atoms with Crippen LogP contribution in [-0.2, 0) is 12.2 Å². The van der Waals surface area contributed by atoms with Gasteiger partial charge in [0.1, 0.15) is 0 Å². The van der Waals surface area contributed by atoms with Crippen molar-refractivity contribution >= 4 is 11.8 Å². The van der Waals surface area contributed by atoms with Crippen LogP contribution in [-0.4, -0.2) is 22.9 Å². The Kier molecular flexibility index (Phi) is 6.43. The third-order valence-electron chi connectivity index (χ3n) is 2.13. The smallest absolute Gasteiger partial charge is 0.226 e. The molecular formula is C10H19N3OS. The number of rotatable bonds is 8. The van der Waals surface area contributed by atoms with E-state index in [9.17, 15) is 0 Å². The molecule has 0 fully saturated rings. The molecule has 1 aromatic rings. The van der Waals surface area contributed by atoms with Gasteiger partial charge in [0.15, 0.2) is 5.82 Å². The molecule has 1 aromatic heterocycles. The molecular weight excluding hydrogens is 210 g/mol. The Hall–Kier alpha value is -0.550. The summed E-state index contributed by atoms with van der Waals surface area (Å²) in [4.78, 5) is 4.29. The number of aromatic nitrogens is 2. The van der Waals surface area contributed by atoms with E-state index in [0.29, 0.717) is 0 Å². The van der Waals surface area contributed by atoms with E-state index >= 15 is 0 Å². The van der Waals surface area contributed by atoms with Crippen molar-refractivity contribution in [2.45, 2.75) is 37.9 Å². The van der Waals surface area contributed by atoms with Crippen LogP contribution >= 0.6 is 11.8 Å². The number of unbranched alkanes of at least 4 members (excludes halogenated alkanes) is 3. The Labute approximate surface area is 95.0 Å². The summed E-state index contributed by atoms with van der Waals surface area (Å²) >= 11 is 1.70. The minimum absolute atomic E-state index is 0.770. The van der Waals surface area contributed by atoms with Crippen molar-refractivity contribution in [3.05, 3.63) is 11.7 Å². The normalized spacial score (nSPS) is 10.8. The largest absolute Gasteiger partial charge is 0.339 e. The third kappa shape index (κ3) is 5.18. The molecule has 0 amide bonds. The molecule has 4 nitrogen and oxygen atoms in total. The number of nitrogens with zero attached hydrogens (tertiary/aromatic N) is 2. The average molecular weight is 229 g/mol. The maximum atomic E-state index is 5.42. The Morgan fingerprint density at radius 2 is 2.07 bits per heavy atom. The van der Waals surface area contributed by atoms with Crippen LogP contribution in [0, 0.1) is 0 Å². The van der Waals surface area contributed by atoms with E-state index in [1.54, 1.807) is 11.8 Å². The van der Waals surface area contributed by atoms with E-state index in [4.69, 9.17) is 10.3 Å². The maximum absolute atomic E-state index is 5.42. The molecule has 0 bridgehead atoms. The van der Waals surface area contributed by atoms with Crippen molar-refractivity contribution in [3.8, 4) is 0 Å². The van der Waals surface area contributed by atoms with Gasteiger partial charge in [-0.3, -0.25) is 0 Å². The lowest BCUT2D eigenvalue weighted by Crippen LogP contribution is -1.97. The molecule has 0 saturated heterocycles. The van der Waals surface area contributed by atoms with Crippen LogP contribution < -0.4 is 5.73 Å². The number of thioether (sulfide) groups is 1. The van der Waals surface area contributed by atoms with Gasteiger partial charge in [-0.15, -0.1) is 0 Å². The molecule has 0 aliphatic heterocycles. The van der Waals surface area contributed by atoms with Gasteiger partial charge in [-0.05, 0) is 25.6 Å². The highest BCUT2D eigenvalue weighted by Crippen LogP contribution is 2.09. The fraction of sp³-hybridized carbons (Fsp3) is 0.800. The highest BCUT2D eigenvalue weighted by Gasteiger charge is 2.04. The summed E-state index contributed by atoms with van der Waals surface area (Å²) in [5, 5.41) is 3.89. The zero-order valence-corrected chi connectivity index (χ0v) is 10.1. The molecule has 0 aromatic carbocycles. The van der Waals surface area contributed by atoms with Crippen LogP contribution in [0.5, 0.6) is 0 Å². The molecule has 0 unspecified atom stereocenters. The first-order chi connectivity index (χ1) is 7.36. The highest BCUT2D eigenvalue weighted by atomic mass is 32.2. The van der Waals surface area contributed by atoms with Gasteiger partial charge in [0.2, 0.25) is 5.89 Å². The van der Waals surface area contributed by atoms with E-state index in [1.807, 2.05) is 6.26 Å². The van der Waals surface area contributed by atoms with Crippen LogP contribution in [0.25, 0.3) is 0 Å². The summed E-state index contributed by atoms with van der Waals surface area (Å²) < 4.78 is 5.12. The molecule has 15 heavy (non-hydrogen) atoms. The predicted octanol–water partition coefficient (Wildman–Crippen LogP) is 1.99. The summed E-state index contributed by atoms with van der Waals surface area (Å²) in [5.74, 6) is 2.41. The van der Waals surface area contributed by atoms with Crippen molar-refractivity contribution in [1.29, 1.82) is 0 Å². The third-order valence-corrected chi connectivity index (χ3v) is 2.68. The van der Waals surface area contributed by atoms with Gasteiger partial charge < -0.3 is 10.3 Å². The molecule has 0 radical (unpaired) electrons. The zero-order valence-electron chi connectivity index (χ0n) is 9.24. The van der Waals surface area contributed by atoms with Gasteiger partial charge in [-0.1, -0.05) is 18.0 Å². The quantitative estimate of drug-likeness (QED) is 0.691. The number of hydrogen-bond acceptors (Lipinski definition) is 5. The van der Waals surface area contributed by atoms with Crippen molar-refractivity contribution < 1.29 is 4.52 Å². The Morgan fingerprint density at radius 3 is 2.80 bits per heavy atom.